The van der Waals surface area contributed by atoms with Gasteiger partial charge in [-0.1, -0.05) is 25.8 Å². The Morgan fingerprint density at radius 2 is 1.89 bits per heavy atom. The molecule has 1 rings (SSSR count). The maximum absolute atomic E-state index is 13.5. The summed E-state index contributed by atoms with van der Waals surface area (Å²) in [5.74, 6) is -0.886. The van der Waals surface area contributed by atoms with Gasteiger partial charge in [-0.25, -0.2) is 4.39 Å². The van der Waals surface area contributed by atoms with Crippen LogP contribution >= 0.6 is 12.4 Å². The number of alkyl halides is 3. The highest BCUT2D eigenvalue weighted by molar-refractivity contribution is 5.85. The minimum atomic E-state index is -4.57. The second-order valence-corrected chi connectivity index (χ2v) is 3.95. The van der Waals surface area contributed by atoms with Gasteiger partial charge in [0.05, 0.1) is 5.56 Å². The molecule has 1 atom stereocenters. The molecule has 0 radical (unpaired) electrons. The summed E-state index contributed by atoms with van der Waals surface area (Å²) in [6.45, 7) is 1.90. The zero-order valence-electron chi connectivity index (χ0n) is 9.93. The van der Waals surface area contributed by atoms with E-state index in [-0.39, 0.29) is 12.4 Å². The Morgan fingerprint density at radius 1 is 1.28 bits per heavy atom. The van der Waals surface area contributed by atoms with Gasteiger partial charge in [0, 0.05) is 11.6 Å². The predicted molar refractivity (Wildman–Crippen MR) is 65.1 cm³/mol. The molecule has 0 amide bonds. The molecule has 0 aliphatic heterocycles. The fourth-order valence-corrected chi connectivity index (χ4v) is 1.73. The molecule has 6 heteroatoms. The zero-order chi connectivity index (χ0) is 13.1. The molecule has 0 saturated heterocycles. The first-order chi connectivity index (χ1) is 7.88. The minimum absolute atomic E-state index is 0. The summed E-state index contributed by atoms with van der Waals surface area (Å²) in [5.41, 5.74) is 4.25. The van der Waals surface area contributed by atoms with Crippen LogP contribution in [0, 0.1) is 5.82 Å². The predicted octanol–water partition coefficient (Wildman–Crippen LogP) is 4.46. The van der Waals surface area contributed by atoms with Gasteiger partial charge in [-0.3, -0.25) is 0 Å². The molecule has 0 aromatic heterocycles. The minimum Gasteiger partial charge on any atom is -0.324 e. The number of nitrogens with two attached hydrogens (primary N) is 1. The number of hydrogen-bond acceptors (Lipinski definition) is 1. The van der Waals surface area contributed by atoms with Crippen molar-refractivity contribution in [1.82, 2.24) is 0 Å². The van der Waals surface area contributed by atoms with Crippen LogP contribution in [0.25, 0.3) is 0 Å². The molecule has 0 bridgehead atoms. The molecule has 1 aromatic carbocycles. The summed E-state index contributed by atoms with van der Waals surface area (Å²) >= 11 is 0. The molecule has 1 nitrogen and oxygen atoms in total. The molecule has 1 aromatic rings. The summed E-state index contributed by atoms with van der Waals surface area (Å²) in [5, 5.41) is 0. The average Bonchev–Trinajstić information content (AvgIpc) is 2.24. The first kappa shape index (κ1) is 17.2. The van der Waals surface area contributed by atoms with Crippen LogP contribution in [-0.4, -0.2) is 0 Å². The van der Waals surface area contributed by atoms with Crippen LogP contribution in [0.3, 0.4) is 0 Å². The third-order valence-corrected chi connectivity index (χ3v) is 2.60. The van der Waals surface area contributed by atoms with Gasteiger partial charge in [0.25, 0.3) is 0 Å². The van der Waals surface area contributed by atoms with Gasteiger partial charge in [-0.05, 0) is 18.6 Å². The normalized spacial score (nSPS) is 13.0. The molecule has 0 aliphatic rings. The maximum atomic E-state index is 13.5. The van der Waals surface area contributed by atoms with E-state index < -0.39 is 29.2 Å². The average molecular weight is 286 g/mol. The molecular formula is C12H16ClF4N. The molecule has 0 saturated carbocycles. The summed E-state index contributed by atoms with van der Waals surface area (Å²) < 4.78 is 51.5. The van der Waals surface area contributed by atoms with Crippen molar-refractivity contribution in [3.63, 3.8) is 0 Å². The third-order valence-electron chi connectivity index (χ3n) is 2.60. The van der Waals surface area contributed by atoms with Crippen LogP contribution in [0.2, 0.25) is 0 Å². The highest BCUT2D eigenvalue weighted by atomic mass is 35.5. The Kier molecular flexibility index (Phi) is 6.63. The maximum Gasteiger partial charge on any atom is 0.416 e. The van der Waals surface area contributed by atoms with Gasteiger partial charge in [-0.15, -0.1) is 12.4 Å². The number of hydrogen-bond donors (Lipinski definition) is 1. The zero-order valence-corrected chi connectivity index (χ0v) is 10.7. The van der Waals surface area contributed by atoms with Crippen LogP contribution in [0.1, 0.15) is 43.4 Å². The summed E-state index contributed by atoms with van der Waals surface area (Å²) in [6, 6.07) is 2.02. The standard InChI is InChI=1S/C12H15F4N.ClH/c1-2-3-7-10(17)11-8(12(14,15)16)5-4-6-9(11)13;/h4-6,10H,2-3,7,17H2,1H3;1H/t10-;/m0./s1. The molecule has 0 aliphatic carbocycles. The molecule has 18 heavy (non-hydrogen) atoms. The third kappa shape index (κ3) is 4.14. The lowest BCUT2D eigenvalue weighted by Gasteiger charge is -2.18. The molecule has 0 spiro atoms. The Labute approximate surface area is 110 Å². The lowest BCUT2D eigenvalue weighted by atomic mass is 9.96. The van der Waals surface area contributed by atoms with Crippen molar-refractivity contribution in [2.24, 2.45) is 5.73 Å². The molecule has 0 unspecified atom stereocenters. The van der Waals surface area contributed by atoms with Crippen LogP contribution in [0.15, 0.2) is 18.2 Å². The fraction of sp³-hybridized carbons (Fsp3) is 0.500. The Hall–Kier alpha value is -0.810. The Balaban J connectivity index is 0.00000289. The summed E-state index contributed by atoms with van der Waals surface area (Å²) in [7, 11) is 0. The SMILES string of the molecule is CCCC[C@H](N)c1c(F)cccc1C(F)(F)F.Cl. The smallest absolute Gasteiger partial charge is 0.324 e. The van der Waals surface area contributed by atoms with Gasteiger partial charge >= 0.3 is 6.18 Å². The van der Waals surface area contributed by atoms with Crippen molar-refractivity contribution >= 4 is 12.4 Å². The lowest BCUT2D eigenvalue weighted by molar-refractivity contribution is -0.138. The number of unbranched alkanes of at least 4 members (excludes halogenated alkanes) is 1. The van der Waals surface area contributed by atoms with Crippen LogP contribution < -0.4 is 5.73 Å². The number of benzene rings is 1. The van der Waals surface area contributed by atoms with Crippen LogP contribution in [0.4, 0.5) is 17.6 Å². The van der Waals surface area contributed by atoms with E-state index in [1.807, 2.05) is 6.92 Å². The Bertz CT molecular complexity index is 379. The van der Waals surface area contributed by atoms with Crippen LogP contribution in [0.5, 0.6) is 0 Å². The molecule has 0 fully saturated rings. The largest absolute Gasteiger partial charge is 0.416 e. The van der Waals surface area contributed by atoms with Gasteiger partial charge in [-0.2, -0.15) is 13.2 Å². The topological polar surface area (TPSA) is 26.0 Å². The van der Waals surface area contributed by atoms with Gasteiger partial charge < -0.3 is 5.73 Å². The van der Waals surface area contributed by atoms with Gasteiger partial charge in [0.2, 0.25) is 0 Å². The number of rotatable bonds is 4. The molecular weight excluding hydrogens is 270 g/mol. The van der Waals surface area contributed by atoms with Crippen molar-refractivity contribution in [2.45, 2.75) is 38.4 Å². The van der Waals surface area contributed by atoms with E-state index in [1.165, 1.54) is 0 Å². The summed E-state index contributed by atoms with van der Waals surface area (Å²) in [4.78, 5) is 0. The second kappa shape index (κ2) is 6.95. The first-order valence-electron chi connectivity index (χ1n) is 5.49. The molecule has 0 heterocycles. The van der Waals surface area contributed by atoms with Gasteiger partial charge in [0.15, 0.2) is 0 Å². The quantitative estimate of drug-likeness (QED) is 0.812. The lowest BCUT2D eigenvalue weighted by Crippen LogP contribution is -2.19. The van der Waals surface area contributed by atoms with E-state index >= 15 is 0 Å². The first-order valence-corrected chi connectivity index (χ1v) is 5.49. The molecule has 2 N–H and O–H groups in total. The van der Waals surface area contributed by atoms with E-state index in [2.05, 4.69) is 0 Å². The second-order valence-electron chi connectivity index (χ2n) is 3.95. The van der Waals surface area contributed by atoms with Crippen molar-refractivity contribution in [3.05, 3.63) is 35.1 Å². The van der Waals surface area contributed by atoms with E-state index in [0.717, 1.165) is 24.6 Å². The molecule has 104 valence electrons. The van der Waals surface area contributed by atoms with Crippen molar-refractivity contribution in [2.75, 3.05) is 0 Å². The van der Waals surface area contributed by atoms with Gasteiger partial charge in [0.1, 0.15) is 5.82 Å². The van der Waals surface area contributed by atoms with E-state index in [1.54, 1.807) is 0 Å². The van der Waals surface area contributed by atoms with Crippen LogP contribution in [-0.2, 0) is 6.18 Å². The Morgan fingerprint density at radius 3 is 2.39 bits per heavy atom. The summed E-state index contributed by atoms with van der Waals surface area (Å²) in [6.07, 6.45) is -2.74. The fourth-order valence-electron chi connectivity index (χ4n) is 1.73. The van der Waals surface area contributed by atoms with E-state index in [4.69, 9.17) is 5.73 Å². The highest BCUT2D eigenvalue weighted by Crippen LogP contribution is 2.36. The van der Waals surface area contributed by atoms with Crippen molar-refractivity contribution in [3.8, 4) is 0 Å². The van der Waals surface area contributed by atoms with Crippen molar-refractivity contribution in [1.29, 1.82) is 0 Å². The van der Waals surface area contributed by atoms with E-state index in [9.17, 15) is 17.6 Å². The number of halogens is 5. The monoisotopic (exact) mass is 285 g/mol. The van der Waals surface area contributed by atoms with E-state index in [0.29, 0.717) is 12.8 Å². The van der Waals surface area contributed by atoms with Crippen molar-refractivity contribution < 1.29 is 17.6 Å². The highest BCUT2D eigenvalue weighted by Gasteiger charge is 2.35.